The standard InChI is InChI=1S/C13H13ClN4O3/c1-2-6-15-13-16-7-5-12(17-13)21-11-8-9(14)3-4-10(11)18(19)20/h3-5,7-8H,2,6H2,1H3,(H,15,16,17). The van der Waals surface area contributed by atoms with Crippen LogP contribution >= 0.6 is 11.6 Å². The minimum absolute atomic E-state index is 0.0349. The van der Waals surface area contributed by atoms with E-state index >= 15 is 0 Å². The Hall–Kier alpha value is -2.41. The average Bonchev–Trinajstić information content (AvgIpc) is 2.45. The zero-order chi connectivity index (χ0) is 15.2. The molecule has 0 radical (unpaired) electrons. The molecule has 1 heterocycles. The molecule has 110 valence electrons. The quantitative estimate of drug-likeness (QED) is 0.647. The van der Waals surface area contributed by atoms with Gasteiger partial charge in [-0.05, 0) is 12.5 Å². The molecule has 8 heteroatoms. The maximum absolute atomic E-state index is 11.0. The summed E-state index contributed by atoms with van der Waals surface area (Å²) in [7, 11) is 0. The summed E-state index contributed by atoms with van der Waals surface area (Å²) in [6.07, 6.45) is 2.44. The van der Waals surface area contributed by atoms with Crippen LogP contribution < -0.4 is 10.1 Å². The van der Waals surface area contributed by atoms with Crippen LogP contribution in [0.1, 0.15) is 13.3 Å². The van der Waals surface area contributed by atoms with Gasteiger partial charge in [0.05, 0.1) is 4.92 Å². The van der Waals surface area contributed by atoms with Crippen LogP contribution in [-0.4, -0.2) is 21.4 Å². The van der Waals surface area contributed by atoms with Crippen molar-refractivity contribution in [1.29, 1.82) is 0 Å². The van der Waals surface area contributed by atoms with Crippen molar-refractivity contribution in [3.63, 3.8) is 0 Å². The van der Waals surface area contributed by atoms with Gasteiger partial charge in [0.25, 0.3) is 0 Å². The highest BCUT2D eigenvalue weighted by Gasteiger charge is 2.16. The molecule has 0 aliphatic rings. The lowest BCUT2D eigenvalue weighted by Crippen LogP contribution is -2.04. The van der Waals surface area contributed by atoms with E-state index in [1.54, 1.807) is 0 Å². The van der Waals surface area contributed by atoms with Gasteiger partial charge in [0.1, 0.15) is 0 Å². The summed E-state index contributed by atoms with van der Waals surface area (Å²) >= 11 is 5.84. The molecule has 0 aliphatic carbocycles. The average molecular weight is 309 g/mol. The predicted octanol–water partition coefficient (Wildman–Crippen LogP) is 3.65. The monoisotopic (exact) mass is 308 g/mol. The van der Waals surface area contributed by atoms with Crippen LogP contribution in [0.25, 0.3) is 0 Å². The molecule has 0 amide bonds. The van der Waals surface area contributed by atoms with Gasteiger partial charge in [-0.1, -0.05) is 18.5 Å². The van der Waals surface area contributed by atoms with Crippen molar-refractivity contribution in [2.75, 3.05) is 11.9 Å². The van der Waals surface area contributed by atoms with E-state index in [-0.39, 0.29) is 17.3 Å². The third kappa shape index (κ3) is 4.03. The van der Waals surface area contributed by atoms with Gasteiger partial charge in [0.15, 0.2) is 0 Å². The van der Waals surface area contributed by atoms with Crippen LogP contribution in [0.15, 0.2) is 30.5 Å². The Morgan fingerprint density at radius 2 is 2.24 bits per heavy atom. The number of halogens is 1. The van der Waals surface area contributed by atoms with E-state index in [4.69, 9.17) is 16.3 Å². The van der Waals surface area contributed by atoms with Gasteiger partial charge in [-0.15, -0.1) is 0 Å². The zero-order valence-electron chi connectivity index (χ0n) is 11.2. The Morgan fingerprint density at radius 1 is 1.43 bits per heavy atom. The number of benzene rings is 1. The lowest BCUT2D eigenvalue weighted by molar-refractivity contribution is -0.385. The first kappa shape index (κ1) is 15.0. The van der Waals surface area contributed by atoms with E-state index in [0.717, 1.165) is 13.0 Å². The summed E-state index contributed by atoms with van der Waals surface area (Å²) in [5.41, 5.74) is -0.180. The Bertz CT molecular complexity index is 651. The number of nitrogens with one attached hydrogen (secondary N) is 1. The van der Waals surface area contributed by atoms with Gasteiger partial charge >= 0.3 is 5.69 Å². The maximum atomic E-state index is 11.0. The van der Waals surface area contributed by atoms with E-state index < -0.39 is 4.92 Å². The van der Waals surface area contributed by atoms with Gasteiger partial charge in [-0.25, -0.2) is 4.98 Å². The van der Waals surface area contributed by atoms with Crippen LogP contribution in [-0.2, 0) is 0 Å². The van der Waals surface area contributed by atoms with Crippen LogP contribution in [0.5, 0.6) is 11.6 Å². The van der Waals surface area contributed by atoms with E-state index in [0.29, 0.717) is 11.0 Å². The Kier molecular flexibility index (Phi) is 4.89. The number of nitrogens with zero attached hydrogens (tertiary/aromatic N) is 3. The van der Waals surface area contributed by atoms with Crippen LogP contribution in [0.4, 0.5) is 11.6 Å². The third-order valence-corrected chi connectivity index (χ3v) is 2.73. The van der Waals surface area contributed by atoms with Crippen molar-refractivity contribution in [3.8, 4) is 11.6 Å². The molecule has 0 fully saturated rings. The summed E-state index contributed by atoms with van der Waals surface area (Å²) in [5.74, 6) is 0.639. The molecule has 1 aromatic carbocycles. The predicted molar refractivity (Wildman–Crippen MR) is 79.0 cm³/mol. The van der Waals surface area contributed by atoms with E-state index in [2.05, 4.69) is 15.3 Å². The highest BCUT2D eigenvalue weighted by atomic mass is 35.5. The highest BCUT2D eigenvalue weighted by Crippen LogP contribution is 2.33. The van der Waals surface area contributed by atoms with Crippen LogP contribution in [0.2, 0.25) is 5.02 Å². The van der Waals surface area contributed by atoms with Crippen LogP contribution in [0.3, 0.4) is 0 Å². The van der Waals surface area contributed by atoms with Gasteiger partial charge in [0, 0.05) is 36.0 Å². The van der Waals surface area contributed by atoms with Gasteiger partial charge < -0.3 is 10.1 Å². The molecule has 0 saturated heterocycles. The second kappa shape index (κ2) is 6.85. The number of aromatic nitrogens is 2. The van der Waals surface area contributed by atoms with Gasteiger partial charge in [-0.3, -0.25) is 10.1 Å². The number of rotatable bonds is 6. The smallest absolute Gasteiger partial charge is 0.311 e. The number of ether oxygens (including phenoxy) is 1. The normalized spacial score (nSPS) is 10.2. The number of nitro benzene ring substituents is 1. The molecule has 0 saturated carbocycles. The molecular weight excluding hydrogens is 296 g/mol. The molecular formula is C13H13ClN4O3. The molecule has 0 atom stereocenters. The summed E-state index contributed by atoms with van der Waals surface area (Å²) in [6, 6.07) is 5.61. The van der Waals surface area contributed by atoms with Crippen molar-refractivity contribution in [1.82, 2.24) is 9.97 Å². The summed E-state index contributed by atoms with van der Waals surface area (Å²) in [5, 5.41) is 14.3. The second-order valence-electron chi connectivity index (χ2n) is 4.12. The van der Waals surface area contributed by atoms with Gasteiger partial charge in [-0.2, -0.15) is 4.98 Å². The molecule has 7 nitrogen and oxygen atoms in total. The zero-order valence-corrected chi connectivity index (χ0v) is 12.0. The van der Waals surface area contributed by atoms with Crippen LogP contribution in [0, 0.1) is 10.1 Å². The highest BCUT2D eigenvalue weighted by molar-refractivity contribution is 6.30. The van der Waals surface area contributed by atoms with E-state index in [9.17, 15) is 10.1 Å². The molecule has 21 heavy (non-hydrogen) atoms. The lowest BCUT2D eigenvalue weighted by atomic mass is 10.3. The SMILES string of the molecule is CCCNc1nccc(Oc2cc(Cl)ccc2[N+](=O)[O-])n1. The Labute approximate surface area is 126 Å². The molecule has 2 aromatic rings. The number of hydrogen-bond donors (Lipinski definition) is 1. The largest absolute Gasteiger partial charge is 0.432 e. The third-order valence-electron chi connectivity index (χ3n) is 2.50. The Balaban J connectivity index is 2.25. The second-order valence-corrected chi connectivity index (χ2v) is 4.55. The first-order valence-electron chi connectivity index (χ1n) is 6.29. The van der Waals surface area contributed by atoms with Crippen molar-refractivity contribution in [2.45, 2.75) is 13.3 Å². The van der Waals surface area contributed by atoms with Gasteiger partial charge in [0.2, 0.25) is 17.6 Å². The number of nitro groups is 1. The summed E-state index contributed by atoms with van der Waals surface area (Å²) in [6.45, 7) is 2.74. The van der Waals surface area contributed by atoms with Crippen molar-refractivity contribution in [2.24, 2.45) is 0 Å². The summed E-state index contributed by atoms with van der Waals surface area (Å²) in [4.78, 5) is 18.6. The van der Waals surface area contributed by atoms with Crippen molar-refractivity contribution in [3.05, 3.63) is 45.6 Å². The summed E-state index contributed by atoms with van der Waals surface area (Å²) < 4.78 is 5.46. The minimum atomic E-state index is -0.539. The fraction of sp³-hybridized carbons (Fsp3) is 0.231. The minimum Gasteiger partial charge on any atom is -0.432 e. The molecule has 1 N–H and O–H groups in total. The topological polar surface area (TPSA) is 90.2 Å². The van der Waals surface area contributed by atoms with Crippen molar-refractivity contribution < 1.29 is 9.66 Å². The molecule has 0 unspecified atom stereocenters. The molecule has 0 bridgehead atoms. The molecule has 0 spiro atoms. The van der Waals surface area contributed by atoms with E-state index in [1.165, 1.54) is 30.5 Å². The Morgan fingerprint density at radius 3 is 2.95 bits per heavy atom. The number of anilines is 1. The lowest BCUT2D eigenvalue weighted by Gasteiger charge is -2.07. The first-order chi connectivity index (χ1) is 10.1. The first-order valence-corrected chi connectivity index (χ1v) is 6.66. The molecule has 2 rings (SSSR count). The number of hydrogen-bond acceptors (Lipinski definition) is 6. The molecule has 0 aliphatic heterocycles. The maximum Gasteiger partial charge on any atom is 0.311 e. The van der Waals surface area contributed by atoms with E-state index in [1.807, 2.05) is 6.92 Å². The fourth-order valence-corrected chi connectivity index (χ4v) is 1.72. The van der Waals surface area contributed by atoms with Crippen molar-refractivity contribution >= 4 is 23.2 Å². The fourth-order valence-electron chi connectivity index (χ4n) is 1.55. The molecule has 1 aromatic heterocycles.